The minimum absolute atomic E-state index is 0.0269. The molecule has 0 bridgehead atoms. The first-order valence-corrected chi connectivity index (χ1v) is 9.83. The summed E-state index contributed by atoms with van der Waals surface area (Å²) in [5, 5.41) is 4.27. The molecule has 4 rings (SSSR count). The number of hydrogen-bond acceptors (Lipinski definition) is 4. The van der Waals surface area contributed by atoms with Gasteiger partial charge in [-0.1, -0.05) is 34.8 Å². The molecule has 1 fully saturated rings. The molecule has 1 aliphatic rings. The second-order valence-corrected chi connectivity index (χ2v) is 7.73. The van der Waals surface area contributed by atoms with Crippen LogP contribution >= 0.6 is 34.8 Å². The van der Waals surface area contributed by atoms with Crippen molar-refractivity contribution in [2.75, 3.05) is 6.61 Å². The Labute approximate surface area is 179 Å². The molecule has 2 aromatic carbocycles. The van der Waals surface area contributed by atoms with Gasteiger partial charge in [-0.05, 0) is 31.4 Å². The van der Waals surface area contributed by atoms with E-state index < -0.39 is 29.4 Å². The lowest BCUT2D eigenvalue weighted by molar-refractivity contribution is -0.0369. The molecule has 0 saturated carbocycles. The summed E-state index contributed by atoms with van der Waals surface area (Å²) in [6, 6.07) is 3.27. The molecule has 3 aromatic rings. The van der Waals surface area contributed by atoms with Gasteiger partial charge in [0.15, 0.2) is 17.8 Å². The van der Waals surface area contributed by atoms with E-state index in [1.807, 2.05) is 0 Å². The Morgan fingerprint density at radius 2 is 1.86 bits per heavy atom. The summed E-state index contributed by atoms with van der Waals surface area (Å²) in [7, 11) is 0. The lowest BCUT2D eigenvalue weighted by atomic mass is 10.1. The van der Waals surface area contributed by atoms with Crippen molar-refractivity contribution in [1.82, 2.24) is 9.78 Å². The van der Waals surface area contributed by atoms with Gasteiger partial charge in [0.25, 0.3) is 0 Å². The molecule has 0 aliphatic carbocycles. The lowest BCUT2D eigenvalue weighted by Gasteiger charge is -2.23. The first kappa shape index (κ1) is 20.3. The molecule has 0 spiro atoms. The predicted octanol–water partition coefficient (Wildman–Crippen LogP) is 6.19. The Bertz CT molecular complexity index is 1090. The molecule has 1 unspecified atom stereocenters. The van der Waals surface area contributed by atoms with E-state index in [1.165, 1.54) is 23.0 Å². The molecule has 2 heterocycles. The van der Waals surface area contributed by atoms with Gasteiger partial charge in [-0.3, -0.25) is 0 Å². The average molecular weight is 462 g/mol. The van der Waals surface area contributed by atoms with Crippen LogP contribution in [0.5, 0.6) is 5.75 Å². The van der Waals surface area contributed by atoms with Crippen LogP contribution in [0, 0.1) is 11.6 Å². The van der Waals surface area contributed by atoms with E-state index in [1.54, 1.807) is 0 Å². The highest BCUT2D eigenvalue weighted by molar-refractivity contribution is 6.40. The summed E-state index contributed by atoms with van der Waals surface area (Å²) >= 11 is 17.9. The molecule has 29 heavy (non-hydrogen) atoms. The minimum Gasteiger partial charge on any atom is -0.420 e. The molecule has 0 amide bonds. The fourth-order valence-corrected chi connectivity index (χ4v) is 4.17. The van der Waals surface area contributed by atoms with E-state index in [2.05, 4.69) is 5.10 Å². The average Bonchev–Trinajstić information content (AvgIpc) is 3.10. The van der Waals surface area contributed by atoms with Crippen molar-refractivity contribution in [3.05, 3.63) is 56.7 Å². The zero-order valence-corrected chi connectivity index (χ0v) is 17.0. The van der Waals surface area contributed by atoms with Crippen molar-refractivity contribution in [2.24, 2.45) is 0 Å². The Morgan fingerprint density at radius 3 is 2.52 bits per heavy atom. The lowest BCUT2D eigenvalue weighted by Crippen LogP contribution is -2.19. The van der Waals surface area contributed by atoms with E-state index in [4.69, 9.17) is 44.3 Å². The van der Waals surface area contributed by atoms with Crippen molar-refractivity contribution in [2.45, 2.75) is 25.5 Å². The van der Waals surface area contributed by atoms with Gasteiger partial charge >= 0.3 is 5.97 Å². The number of carbonyl (C=O) groups excluding carboxylic acids is 1. The Hall–Kier alpha value is -1.93. The van der Waals surface area contributed by atoms with E-state index in [9.17, 15) is 13.6 Å². The molecule has 0 radical (unpaired) electrons. The molecule has 0 N–H and O–H groups in total. The van der Waals surface area contributed by atoms with Crippen LogP contribution in [0.4, 0.5) is 8.78 Å². The first-order chi connectivity index (χ1) is 13.9. The van der Waals surface area contributed by atoms with Crippen molar-refractivity contribution in [1.29, 1.82) is 0 Å². The van der Waals surface area contributed by atoms with Gasteiger partial charge in [0, 0.05) is 23.1 Å². The highest BCUT2D eigenvalue weighted by atomic mass is 35.5. The normalized spacial score (nSPS) is 16.9. The van der Waals surface area contributed by atoms with Gasteiger partial charge in [0.05, 0.1) is 16.2 Å². The maximum absolute atomic E-state index is 14.6. The summed E-state index contributed by atoms with van der Waals surface area (Å²) in [5.41, 5.74) is -0.524. The molecule has 1 saturated heterocycles. The maximum atomic E-state index is 14.6. The third-order valence-corrected chi connectivity index (χ3v) is 5.35. The van der Waals surface area contributed by atoms with E-state index in [0.717, 1.165) is 12.8 Å². The van der Waals surface area contributed by atoms with Crippen molar-refractivity contribution in [3.8, 4) is 5.75 Å². The van der Waals surface area contributed by atoms with Crippen molar-refractivity contribution in [3.63, 3.8) is 0 Å². The van der Waals surface area contributed by atoms with Crippen molar-refractivity contribution >= 4 is 51.7 Å². The third-order valence-electron chi connectivity index (χ3n) is 4.57. The van der Waals surface area contributed by atoms with Crippen molar-refractivity contribution < 1.29 is 23.0 Å². The number of carbonyl (C=O) groups is 1. The SMILES string of the molecule is O=C(Oc1c(Cl)cc(Cl)cc1Cl)c1c(F)cc(F)c2c1cnn2C1CCCCO1. The van der Waals surface area contributed by atoms with Crippen LogP contribution in [0.1, 0.15) is 35.8 Å². The number of fused-ring (bicyclic) bond motifs is 1. The number of nitrogens with zero attached hydrogens (tertiary/aromatic N) is 2. The molecule has 152 valence electrons. The van der Waals surface area contributed by atoms with Crippen LogP contribution in [-0.2, 0) is 4.74 Å². The number of rotatable bonds is 3. The Kier molecular flexibility index (Phi) is 5.66. The van der Waals surface area contributed by atoms with Crippen LogP contribution in [0.25, 0.3) is 10.9 Å². The number of halogens is 5. The molecular weight excluding hydrogens is 449 g/mol. The zero-order valence-electron chi connectivity index (χ0n) is 14.7. The largest absolute Gasteiger partial charge is 0.420 e. The van der Waals surface area contributed by atoms with Crippen LogP contribution in [0.3, 0.4) is 0 Å². The highest BCUT2D eigenvalue weighted by Gasteiger charge is 2.27. The molecule has 1 aromatic heterocycles. The number of hydrogen-bond donors (Lipinski definition) is 0. The minimum atomic E-state index is -1.09. The number of aromatic nitrogens is 2. The predicted molar refractivity (Wildman–Crippen MR) is 105 cm³/mol. The van der Waals surface area contributed by atoms with E-state index >= 15 is 0 Å². The van der Waals surface area contributed by atoms with Gasteiger partial charge in [-0.2, -0.15) is 5.10 Å². The fourth-order valence-electron chi connectivity index (χ4n) is 3.28. The highest BCUT2D eigenvalue weighted by Crippen LogP contribution is 2.37. The number of ether oxygens (including phenoxy) is 2. The molecular formula is C19H13Cl3F2N2O3. The van der Waals surface area contributed by atoms with Crippen LogP contribution in [0.2, 0.25) is 15.1 Å². The maximum Gasteiger partial charge on any atom is 0.347 e. The molecule has 1 atom stereocenters. The van der Waals surface area contributed by atoms with Gasteiger partial charge < -0.3 is 9.47 Å². The first-order valence-electron chi connectivity index (χ1n) is 8.70. The summed E-state index contributed by atoms with van der Waals surface area (Å²) < 4.78 is 41.3. The monoisotopic (exact) mass is 460 g/mol. The zero-order chi connectivity index (χ0) is 20.7. The summed E-state index contributed by atoms with van der Waals surface area (Å²) in [6.45, 7) is 0.511. The van der Waals surface area contributed by atoms with Crippen LogP contribution < -0.4 is 4.74 Å². The molecule has 5 nitrogen and oxygen atoms in total. The summed E-state index contributed by atoms with van der Waals surface area (Å²) in [5.74, 6) is -3.22. The summed E-state index contributed by atoms with van der Waals surface area (Å²) in [4.78, 5) is 12.7. The quantitative estimate of drug-likeness (QED) is 0.344. The Balaban J connectivity index is 1.78. The Morgan fingerprint density at radius 1 is 1.14 bits per heavy atom. The van der Waals surface area contributed by atoms with Gasteiger partial charge in [0.1, 0.15) is 16.9 Å². The van der Waals surface area contributed by atoms with E-state index in [0.29, 0.717) is 19.1 Å². The van der Waals surface area contributed by atoms with Crippen LogP contribution in [0.15, 0.2) is 24.4 Å². The van der Waals surface area contributed by atoms with Gasteiger partial charge in [0.2, 0.25) is 0 Å². The second-order valence-electron chi connectivity index (χ2n) is 6.48. The van der Waals surface area contributed by atoms with E-state index in [-0.39, 0.29) is 31.7 Å². The topological polar surface area (TPSA) is 53.3 Å². The van der Waals surface area contributed by atoms with Crippen LogP contribution in [-0.4, -0.2) is 22.4 Å². The third kappa shape index (κ3) is 3.80. The fraction of sp³-hybridized carbons (Fsp3) is 0.263. The molecule has 1 aliphatic heterocycles. The molecule has 10 heteroatoms. The van der Waals surface area contributed by atoms with Gasteiger partial charge in [-0.15, -0.1) is 0 Å². The standard InChI is InChI=1S/C19H13Cl3F2N2O3/c20-9-5-11(21)18(12(22)6-9)29-19(27)16-10-8-25-26(15-3-1-2-4-28-15)17(10)14(24)7-13(16)23/h5-8,15H,1-4H2. The second kappa shape index (κ2) is 8.07. The summed E-state index contributed by atoms with van der Waals surface area (Å²) in [6.07, 6.45) is 3.12. The smallest absolute Gasteiger partial charge is 0.347 e. The van der Waals surface area contributed by atoms with Gasteiger partial charge in [-0.25, -0.2) is 18.3 Å². The number of benzene rings is 2. The number of esters is 1.